The number of nitrogens with zero attached hydrogens (tertiary/aromatic N) is 1. The normalized spacial score (nSPS) is 21.7. The number of fused-ring (bicyclic) bond motifs is 1. The van der Waals surface area contributed by atoms with Gasteiger partial charge in [-0.2, -0.15) is 0 Å². The number of carbonyl (C=O) groups is 1. The molecule has 1 amide bonds. The van der Waals surface area contributed by atoms with Crippen molar-refractivity contribution >= 4 is 11.6 Å². The van der Waals surface area contributed by atoms with Crippen molar-refractivity contribution in [2.75, 3.05) is 25.0 Å². The van der Waals surface area contributed by atoms with Gasteiger partial charge >= 0.3 is 0 Å². The first-order valence-electron chi connectivity index (χ1n) is 8.05. The van der Waals surface area contributed by atoms with Crippen LogP contribution in [-0.4, -0.2) is 41.7 Å². The zero-order valence-electron chi connectivity index (χ0n) is 12.4. The van der Waals surface area contributed by atoms with E-state index in [0.29, 0.717) is 19.1 Å². The van der Waals surface area contributed by atoms with E-state index in [1.807, 2.05) is 29.2 Å². The third-order valence-electron chi connectivity index (χ3n) is 4.77. The third-order valence-corrected chi connectivity index (χ3v) is 4.77. The summed E-state index contributed by atoms with van der Waals surface area (Å²) >= 11 is 0. The quantitative estimate of drug-likeness (QED) is 0.894. The van der Waals surface area contributed by atoms with Gasteiger partial charge in [0.05, 0.1) is 12.5 Å². The standard InChI is InChI=1S/C17H24N2O2/c20-11-10-19(13-6-2-1-3-7-13)17(21)15-12-18-16-9-5-4-8-14(15)16/h4-5,8-9,13,15,18,20H,1-3,6-7,10-12H2. The van der Waals surface area contributed by atoms with Gasteiger partial charge in [-0.3, -0.25) is 4.79 Å². The molecule has 3 rings (SSSR count). The monoisotopic (exact) mass is 288 g/mol. The molecule has 2 N–H and O–H groups in total. The van der Waals surface area contributed by atoms with Gasteiger partial charge in [-0.15, -0.1) is 0 Å². The summed E-state index contributed by atoms with van der Waals surface area (Å²) in [6.07, 6.45) is 5.81. The van der Waals surface area contributed by atoms with Crippen LogP contribution in [0.5, 0.6) is 0 Å². The molecular formula is C17H24N2O2. The van der Waals surface area contributed by atoms with Crippen molar-refractivity contribution in [2.24, 2.45) is 0 Å². The average Bonchev–Trinajstić information content (AvgIpc) is 2.97. The van der Waals surface area contributed by atoms with E-state index >= 15 is 0 Å². The number of aliphatic hydroxyl groups excluding tert-OH is 1. The van der Waals surface area contributed by atoms with Gasteiger partial charge in [0.15, 0.2) is 0 Å². The molecule has 1 aromatic rings. The van der Waals surface area contributed by atoms with Crippen LogP contribution in [0.15, 0.2) is 24.3 Å². The van der Waals surface area contributed by atoms with Gasteiger partial charge in [0.1, 0.15) is 0 Å². The van der Waals surface area contributed by atoms with Gasteiger partial charge in [-0.25, -0.2) is 0 Å². The van der Waals surface area contributed by atoms with Crippen molar-refractivity contribution in [3.05, 3.63) is 29.8 Å². The molecule has 1 unspecified atom stereocenters. The van der Waals surface area contributed by atoms with Gasteiger partial charge in [-0.05, 0) is 24.5 Å². The molecule has 0 saturated heterocycles. The summed E-state index contributed by atoms with van der Waals surface area (Å²) in [4.78, 5) is 14.9. The number of benzene rings is 1. The summed E-state index contributed by atoms with van der Waals surface area (Å²) < 4.78 is 0. The minimum atomic E-state index is -0.102. The largest absolute Gasteiger partial charge is 0.395 e. The van der Waals surface area contributed by atoms with Gasteiger partial charge in [-0.1, -0.05) is 37.5 Å². The molecule has 0 bridgehead atoms. The molecule has 21 heavy (non-hydrogen) atoms. The van der Waals surface area contributed by atoms with Crippen LogP contribution in [0, 0.1) is 0 Å². The molecule has 1 fully saturated rings. The number of nitrogens with one attached hydrogen (secondary N) is 1. The first-order chi connectivity index (χ1) is 10.3. The average molecular weight is 288 g/mol. The molecular weight excluding hydrogens is 264 g/mol. The number of amides is 1. The fourth-order valence-electron chi connectivity index (χ4n) is 3.68. The van der Waals surface area contributed by atoms with Crippen molar-refractivity contribution in [3.63, 3.8) is 0 Å². The van der Waals surface area contributed by atoms with E-state index in [1.165, 1.54) is 19.3 Å². The molecule has 1 aromatic carbocycles. The summed E-state index contributed by atoms with van der Waals surface area (Å²) in [6, 6.07) is 8.36. The highest BCUT2D eigenvalue weighted by Gasteiger charge is 2.34. The van der Waals surface area contributed by atoms with Crippen molar-refractivity contribution in [1.29, 1.82) is 0 Å². The zero-order valence-corrected chi connectivity index (χ0v) is 12.4. The van der Waals surface area contributed by atoms with E-state index in [1.54, 1.807) is 0 Å². The number of anilines is 1. The molecule has 4 heteroatoms. The van der Waals surface area contributed by atoms with Crippen molar-refractivity contribution in [2.45, 2.75) is 44.1 Å². The van der Waals surface area contributed by atoms with Crippen LogP contribution in [0.25, 0.3) is 0 Å². The molecule has 4 nitrogen and oxygen atoms in total. The maximum atomic E-state index is 13.0. The molecule has 1 aliphatic carbocycles. The van der Waals surface area contributed by atoms with Crippen LogP contribution in [0.3, 0.4) is 0 Å². The lowest BCUT2D eigenvalue weighted by molar-refractivity contribution is -0.136. The van der Waals surface area contributed by atoms with E-state index in [-0.39, 0.29) is 18.4 Å². The highest BCUT2D eigenvalue weighted by Crippen LogP contribution is 2.34. The summed E-state index contributed by atoms with van der Waals surface area (Å²) in [7, 11) is 0. The van der Waals surface area contributed by atoms with E-state index in [2.05, 4.69) is 5.32 Å². The van der Waals surface area contributed by atoms with Crippen molar-refractivity contribution in [1.82, 2.24) is 4.90 Å². The Hall–Kier alpha value is -1.55. The Labute approximate surface area is 126 Å². The summed E-state index contributed by atoms with van der Waals surface area (Å²) in [6.45, 7) is 1.18. The lowest BCUT2D eigenvalue weighted by Crippen LogP contribution is -2.45. The lowest BCUT2D eigenvalue weighted by Gasteiger charge is -2.35. The third kappa shape index (κ3) is 2.91. The Bertz CT molecular complexity index is 497. The van der Waals surface area contributed by atoms with Gasteiger partial charge in [0, 0.05) is 24.8 Å². The maximum absolute atomic E-state index is 13.0. The molecule has 1 atom stereocenters. The van der Waals surface area contributed by atoms with Gasteiger partial charge < -0.3 is 15.3 Å². The number of carbonyl (C=O) groups excluding carboxylic acids is 1. The smallest absolute Gasteiger partial charge is 0.232 e. The van der Waals surface area contributed by atoms with Crippen molar-refractivity contribution < 1.29 is 9.90 Å². The zero-order chi connectivity index (χ0) is 14.7. The maximum Gasteiger partial charge on any atom is 0.232 e. The highest BCUT2D eigenvalue weighted by molar-refractivity contribution is 5.88. The summed E-state index contributed by atoms with van der Waals surface area (Å²) in [5.41, 5.74) is 2.17. The first kappa shape index (κ1) is 14.4. The number of para-hydroxylation sites is 1. The molecule has 1 saturated carbocycles. The number of aliphatic hydroxyl groups is 1. The Morgan fingerprint density at radius 2 is 2.00 bits per heavy atom. The second kappa shape index (κ2) is 6.48. The second-order valence-electron chi connectivity index (χ2n) is 6.07. The minimum Gasteiger partial charge on any atom is -0.395 e. The fourth-order valence-corrected chi connectivity index (χ4v) is 3.68. The van der Waals surface area contributed by atoms with Crippen LogP contribution < -0.4 is 5.32 Å². The molecule has 1 aliphatic heterocycles. The van der Waals surface area contributed by atoms with Gasteiger partial charge in [0.25, 0.3) is 0 Å². The molecule has 1 heterocycles. The molecule has 0 aromatic heterocycles. The second-order valence-corrected chi connectivity index (χ2v) is 6.07. The predicted octanol–water partition coefficient (Wildman–Crippen LogP) is 2.35. The van der Waals surface area contributed by atoms with Gasteiger partial charge in [0.2, 0.25) is 5.91 Å². The topological polar surface area (TPSA) is 52.6 Å². The van der Waals surface area contributed by atoms with E-state index in [9.17, 15) is 9.90 Å². The van der Waals surface area contributed by atoms with Crippen LogP contribution in [-0.2, 0) is 4.79 Å². The molecule has 114 valence electrons. The van der Waals surface area contributed by atoms with Crippen LogP contribution in [0.4, 0.5) is 5.69 Å². The SMILES string of the molecule is O=C(C1CNc2ccccc21)N(CCO)C1CCCCC1. The van der Waals surface area contributed by atoms with E-state index < -0.39 is 0 Å². The molecule has 0 spiro atoms. The summed E-state index contributed by atoms with van der Waals surface area (Å²) in [5.74, 6) is 0.0723. The molecule has 0 radical (unpaired) electrons. The van der Waals surface area contributed by atoms with E-state index in [4.69, 9.17) is 0 Å². The first-order valence-corrected chi connectivity index (χ1v) is 8.05. The summed E-state index contributed by atoms with van der Waals surface area (Å²) in [5, 5.41) is 12.7. The minimum absolute atomic E-state index is 0.0457. The number of hydrogen-bond acceptors (Lipinski definition) is 3. The Morgan fingerprint density at radius 3 is 2.76 bits per heavy atom. The highest BCUT2D eigenvalue weighted by atomic mass is 16.3. The Kier molecular flexibility index (Phi) is 4.44. The predicted molar refractivity (Wildman–Crippen MR) is 83.3 cm³/mol. The number of rotatable bonds is 4. The Balaban J connectivity index is 1.78. The van der Waals surface area contributed by atoms with Crippen LogP contribution in [0.1, 0.15) is 43.6 Å². The number of hydrogen-bond donors (Lipinski definition) is 2. The fraction of sp³-hybridized carbons (Fsp3) is 0.588. The lowest BCUT2D eigenvalue weighted by atomic mass is 9.92. The van der Waals surface area contributed by atoms with Crippen LogP contribution >= 0.6 is 0 Å². The van der Waals surface area contributed by atoms with Crippen molar-refractivity contribution in [3.8, 4) is 0 Å². The molecule has 2 aliphatic rings. The van der Waals surface area contributed by atoms with Crippen LogP contribution in [0.2, 0.25) is 0 Å². The van der Waals surface area contributed by atoms with E-state index in [0.717, 1.165) is 24.1 Å². The Morgan fingerprint density at radius 1 is 1.24 bits per heavy atom.